The summed E-state index contributed by atoms with van der Waals surface area (Å²) < 4.78 is 112. The van der Waals surface area contributed by atoms with E-state index in [4.69, 9.17) is 4.74 Å². The number of nitrogens with zero attached hydrogens (tertiary/aromatic N) is 2. The zero-order valence-electron chi connectivity index (χ0n) is 24.1. The molecule has 5 rings (SSSR count). The third kappa shape index (κ3) is 7.96. The summed E-state index contributed by atoms with van der Waals surface area (Å²) in [5.41, 5.74) is -1.52. The number of rotatable bonds is 10. The highest BCUT2D eigenvalue weighted by atomic mass is 19.4. The molecule has 2 heterocycles. The van der Waals surface area contributed by atoms with Gasteiger partial charge in [-0.15, -0.1) is 0 Å². The van der Waals surface area contributed by atoms with Crippen molar-refractivity contribution in [3.05, 3.63) is 41.0 Å². The number of hydrogen-bond acceptors (Lipinski definition) is 6. The summed E-state index contributed by atoms with van der Waals surface area (Å²) in [7, 11) is 0. The monoisotopic (exact) mass is 662 g/mol. The first kappa shape index (κ1) is 33.2. The highest BCUT2D eigenvalue weighted by Crippen LogP contribution is 2.39. The molecule has 4 N–H and O–H groups in total. The van der Waals surface area contributed by atoms with Crippen molar-refractivity contribution in [3.63, 3.8) is 0 Å². The molecule has 0 spiro atoms. The van der Waals surface area contributed by atoms with Crippen LogP contribution in [-0.4, -0.2) is 52.0 Å². The summed E-state index contributed by atoms with van der Waals surface area (Å²) in [6.45, 7) is -1.14. The van der Waals surface area contributed by atoms with Gasteiger partial charge in [-0.05, 0) is 62.3 Å². The largest absolute Gasteiger partial charge is 0.471 e. The van der Waals surface area contributed by atoms with Crippen LogP contribution in [0.15, 0.2) is 24.3 Å². The third-order valence-corrected chi connectivity index (χ3v) is 8.14. The number of pyridine rings is 1. The fourth-order valence-electron chi connectivity index (χ4n) is 5.41. The van der Waals surface area contributed by atoms with E-state index in [2.05, 4.69) is 30.9 Å². The average Bonchev–Trinajstić information content (AvgIpc) is 3.33. The number of aromatic amines is 1. The summed E-state index contributed by atoms with van der Waals surface area (Å²) in [5, 5.41) is 7.85. The Morgan fingerprint density at radius 1 is 0.978 bits per heavy atom. The van der Waals surface area contributed by atoms with Gasteiger partial charge >= 0.3 is 12.4 Å². The van der Waals surface area contributed by atoms with Crippen LogP contribution in [0.25, 0.3) is 11.2 Å². The molecular weight excluding hydrogens is 632 g/mol. The molecule has 0 saturated heterocycles. The normalized spacial score (nSPS) is 19.2. The topological polar surface area (TPSA) is 121 Å². The first-order valence-corrected chi connectivity index (χ1v) is 14.6. The van der Waals surface area contributed by atoms with Gasteiger partial charge in [0.1, 0.15) is 11.1 Å². The van der Waals surface area contributed by atoms with Crippen LogP contribution in [0.1, 0.15) is 66.4 Å². The molecule has 0 aliphatic heterocycles. The third-order valence-electron chi connectivity index (χ3n) is 8.14. The number of ether oxygens (including phenoxy) is 1. The summed E-state index contributed by atoms with van der Waals surface area (Å²) in [5.74, 6) is -3.37. The lowest BCUT2D eigenvalue weighted by Gasteiger charge is -2.30. The maximum absolute atomic E-state index is 13.8. The van der Waals surface area contributed by atoms with Crippen LogP contribution >= 0.6 is 0 Å². The lowest BCUT2D eigenvalue weighted by molar-refractivity contribution is -0.182. The van der Waals surface area contributed by atoms with Gasteiger partial charge in [-0.1, -0.05) is 12.5 Å². The van der Waals surface area contributed by atoms with E-state index in [-0.39, 0.29) is 66.7 Å². The number of halogens is 8. The van der Waals surface area contributed by atoms with Gasteiger partial charge in [0.05, 0.1) is 17.2 Å². The highest BCUT2D eigenvalue weighted by molar-refractivity contribution is 5.99. The molecule has 3 aromatic rings. The van der Waals surface area contributed by atoms with Gasteiger partial charge in [0.15, 0.2) is 12.3 Å². The number of carbonyl (C=O) groups excluding carboxylic acids is 2. The fraction of sp³-hybridized carbons (Fsp3) is 0.517. The van der Waals surface area contributed by atoms with Gasteiger partial charge in [-0.2, -0.15) is 31.3 Å². The lowest BCUT2D eigenvalue weighted by atomic mass is 9.85. The van der Waals surface area contributed by atoms with Crippen LogP contribution in [0.5, 0.6) is 5.88 Å². The second kappa shape index (κ2) is 13.3. The lowest BCUT2D eigenvalue weighted by Crippen LogP contribution is -2.40. The second-order valence-electron chi connectivity index (χ2n) is 11.4. The number of amides is 2. The van der Waals surface area contributed by atoms with Crippen molar-refractivity contribution in [2.45, 2.75) is 76.3 Å². The predicted octanol–water partition coefficient (Wildman–Crippen LogP) is 6.63. The molecule has 1 aromatic carbocycles. The number of alkyl halides is 8. The van der Waals surface area contributed by atoms with Gasteiger partial charge in [-0.25, -0.2) is 13.8 Å². The van der Waals surface area contributed by atoms with E-state index in [0.717, 1.165) is 31.4 Å². The number of carbonyl (C=O) groups is 2. The zero-order valence-corrected chi connectivity index (χ0v) is 24.1. The molecule has 0 atom stereocenters. The molecule has 2 fully saturated rings. The summed E-state index contributed by atoms with van der Waals surface area (Å²) in [6.07, 6.45) is -9.89. The summed E-state index contributed by atoms with van der Waals surface area (Å²) >= 11 is 0. The summed E-state index contributed by atoms with van der Waals surface area (Å²) in [4.78, 5) is 36.2. The Kier molecular flexibility index (Phi) is 9.58. The van der Waals surface area contributed by atoms with Gasteiger partial charge in [0, 0.05) is 18.5 Å². The predicted molar refractivity (Wildman–Crippen MR) is 149 cm³/mol. The first-order valence-electron chi connectivity index (χ1n) is 14.6. The van der Waals surface area contributed by atoms with Gasteiger partial charge in [0.2, 0.25) is 17.7 Å². The Bertz CT molecular complexity index is 1560. The summed E-state index contributed by atoms with van der Waals surface area (Å²) in [6, 6.07) is 3.82. The Balaban J connectivity index is 1.37. The van der Waals surface area contributed by atoms with E-state index in [0.29, 0.717) is 5.56 Å². The molecule has 0 unspecified atom stereocenters. The van der Waals surface area contributed by atoms with Crippen LogP contribution in [0.3, 0.4) is 0 Å². The fourth-order valence-corrected chi connectivity index (χ4v) is 5.41. The van der Waals surface area contributed by atoms with Crippen LogP contribution in [-0.2, 0) is 17.5 Å². The molecular formula is C29H30F8N6O3. The van der Waals surface area contributed by atoms with Gasteiger partial charge in [0.25, 0.3) is 12.3 Å². The molecule has 2 aliphatic carbocycles. The Morgan fingerprint density at radius 3 is 2.30 bits per heavy atom. The van der Waals surface area contributed by atoms with Crippen LogP contribution < -0.4 is 20.7 Å². The van der Waals surface area contributed by atoms with Gasteiger partial charge < -0.3 is 25.7 Å². The Labute approximate surface area is 256 Å². The number of benzene rings is 1. The molecule has 0 radical (unpaired) electrons. The number of nitrogens with one attached hydrogen (secondary N) is 4. The van der Waals surface area contributed by atoms with Crippen molar-refractivity contribution in [2.75, 3.05) is 11.9 Å². The van der Waals surface area contributed by atoms with E-state index in [1.807, 2.05) is 0 Å². The van der Waals surface area contributed by atoms with Crippen molar-refractivity contribution in [1.29, 1.82) is 0 Å². The van der Waals surface area contributed by atoms with E-state index in [1.165, 1.54) is 12.1 Å². The van der Waals surface area contributed by atoms with Crippen molar-refractivity contribution in [2.24, 2.45) is 11.8 Å². The van der Waals surface area contributed by atoms with Crippen LogP contribution in [0, 0.1) is 11.8 Å². The van der Waals surface area contributed by atoms with E-state index < -0.39 is 60.4 Å². The average molecular weight is 663 g/mol. The SMILES string of the molecule is O=C(N[C@H]1CC[C@H](C(F)(F)F)CC1)c1cc2nc(Nc3cc(CNC(=O)C4CCC4)ccc3C(F)(F)F)[nH]c2nc1OCC(F)F. The van der Waals surface area contributed by atoms with Crippen LogP contribution in [0.4, 0.5) is 46.8 Å². The van der Waals surface area contributed by atoms with Crippen molar-refractivity contribution in [3.8, 4) is 5.88 Å². The Morgan fingerprint density at radius 2 is 1.70 bits per heavy atom. The number of aromatic nitrogens is 3. The maximum atomic E-state index is 13.8. The van der Waals surface area contributed by atoms with Crippen molar-refractivity contribution in [1.82, 2.24) is 25.6 Å². The molecule has 2 amide bonds. The second-order valence-corrected chi connectivity index (χ2v) is 11.4. The smallest absolute Gasteiger partial charge is 0.418 e. The number of fused-ring (bicyclic) bond motifs is 1. The van der Waals surface area contributed by atoms with Crippen molar-refractivity contribution >= 4 is 34.6 Å². The number of imidazole rings is 1. The van der Waals surface area contributed by atoms with E-state index in [1.54, 1.807) is 0 Å². The molecule has 0 bridgehead atoms. The maximum Gasteiger partial charge on any atom is 0.418 e. The highest BCUT2D eigenvalue weighted by Gasteiger charge is 2.41. The number of anilines is 2. The minimum absolute atomic E-state index is 0.00893. The van der Waals surface area contributed by atoms with E-state index in [9.17, 15) is 44.7 Å². The minimum atomic E-state index is -4.76. The molecule has 17 heteroatoms. The molecule has 250 valence electrons. The minimum Gasteiger partial charge on any atom is -0.471 e. The quantitative estimate of drug-likeness (QED) is 0.181. The molecule has 2 saturated carbocycles. The van der Waals surface area contributed by atoms with Gasteiger partial charge in [-0.3, -0.25) is 9.59 Å². The molecule has 2 aliphatic rings. The number of hydrogen-bond donors (Lipinski definition) is 4. The van der Waals surface area contributed by atoms with Crippen LogP contribution in [0.2, 0.25) is 0 Å². The molecule has 2 aromatic heterocycles. The van der Waals surface area contributed by atoms with Crippen molar-refractivity contribution < 1.29 is 49.4 Å². The molecule has 9 nitrogen and oxygen atoms in total. The number of H-pyrrole nitrogens is 1. The van der Waals surface area contributed by atoms with E-state index >= 15 is 0 Å². The molecule has 46 heavy (non-hydrogen) atoms. The standard InChI is InChI=1S/C29H30F8N6O3/c30-22(31)13-46-26-18(25(45)39-17-7-5-16(6-8-17)28(32,33)34)11-21-23(42-26)43-27(41-21)40-20-10-14(4-9-19(20)29(35,36)37)12-38-24(44)15-2-1-3-15/h4,9-11,15-17,22H,1-3,5-8,12-13H2,(H,38,44)(H,39,45)(H2,40,41,42,43)/t16-,17-. The zero-order chi connectivity index (χ0) is 33.2. The Hall–Kier alpha value is -4.18. The first-order chi connectivity index (χ1) is 21.7.